The number of halogens is 1. The summed E-state index contributed by atoms with van der Waals surface area (Å²) in [5.74, 6) is -1.86. The second kappa shape index (κ2) is 16.7. The van der Waals surface area contributed by atoms with Gasteiger partial charge in [0.15, 0.2) is 0 Å². The number of fused-ring (bicyclic) bond motifs is 2. The monoisotopic (exact) mass is 680 g/mol. The van der Waals surface area contributed by atoms with Crippen LogP contribution in [-0.4, -0.2) is 77.4 Å². The second-order valence-electron chi connectivity index (χ2n) is 12.9. The van der Waals surface area contributed by atoms with Crippen LogP contribution in [0.2, 0.25) is 0 Å². The molecule has 0 bridgehead atoms. The number of rotatable bonds is 16. The van der Waals surface area contributed by atoms with Gasteiger partial charge in [0.1, 0.15) is 30.0 Å². The minimum Gasteiger partial charge on any atom is -0.508 e. The molecule has 49 heavy (non-hydrogen) atoms. The fourth-order valence-corrected chi connectivity index (χ4v) is 8.01. The molecule has 2 aromatic carbocycles. The molecule has 0 aromatic heterocycles. The molecule has 266 valence electrons. The average Bonchev–Trinajstić information content (AvgIpc) is 3.11. The first-order chi connectivity index (χ1) is 23.8. The average molecular weight is 681 g/mol. The third-order valence-electron chi connectivity index (χ3n) is 10.0. The lowest BCUT2D eigenvalue weighted by Crippen LogP contribution is -2.70. The van der Waals surface area contributed by atoms with Gasteiger partial charge in [-0.15, -0.1) is 6.58 Å². The molecule has 1 amide bonds. The van der Waals surface area contributed by atoms with Gasteiger partial charge in [0.05, 0.1) is 25.3 Å². The van der Waals surface area contributed by atoms with Crippen LogP contribution in [0.3, 0.4) is 0 Å². The number of unbranched alkanes of at least 4 members (excludes halogenated alkanes) is 2. The Bertz CT molecular complexity index is 1500. The molecule has 0 saturated heterocycles. The number of carbonyl (C=O) groups excluding carboxylic acids is 1. The van der Waals surface area contributed by atoms with Gasteiger partial charge >= 0.3 is 6.09 Å². The van der Waals surface area contributed by atoms with Crippen LogP contribution in [0.15, 0.2) is 71.9 Å². The molecule has 6 atom stereocenters. The van der Waals surface area contributed by atoms with Crippen LogP contribution in [0.4, 0.5) is 9.18 Å². The van der Waals surface area contributed by atoms with Crippen LogP contribution in [0.25, 0.3) is 0 Å². The molecule has 3 N–H and O–H groups in total. The smallest absolute Gasteiger partial charge is 0.410 e. The molecule has 0 radical (unpaired) electrons. The number of methoxy groups -OCH3 is 1. The van der Waals surface area contributed by atoms with Crippen LogP contribution in [0.5, 0.6) is 11.5 Å². The van der Waals surface area contributed by atoms with E-state index in [1.807, 2.05) is 6.92 Å². The quantitative estimate of drug-likeness (QED) is 0.105. The Labute approximate surface area is 287 Å². The highest BCUT2D eigenvalue weighted by Gasteiger charge is 2.65. The molecule has 0 unspecified atom stereocenters. The molecule has 1 heterocycles. The van der Waals surface area contributed by atoms with Gasteiger partial charge in [0.25, 0.3) is 0 Å². The number of phenolic OH excluding ortho intramolecular Hbond substituents is 1. The van der Waals surface area contributed by atoms with E-state index in [0.717, 1.165) is 36.8 Å². The highest BCUT2D eigenvalue weighted by atomic mass is 19.1. The zero-order valence-corrected chi connectivity index (χ0v) is 28.4. The molecule has 1 fully saturated rings. The maximum atomic E-state index is 13.9. The van der Waals surface area contributed by atoms with E-state index in [2.05, 4.69) is 17.8 Å². The van der Waals surface area contributed by atoms with Gasteiger partial charge in [0, 0.05) is 37.7 Å². The Kier molecular flexibility index (Phi) is 12.4. The normalized spacial score (nSPS) is 26.2. The van der Waals surface area contributed by atoms with E-state index in [4.69, 9.17) is 19.0 Å². The Morgan fingerprint density at radius 3 is 2.53 bits per heavy atom. The van der Waals surface area contributed by atoms with E-state index in [-0.39, 0.29) is 62.1 Å². The van der Waals surface area contributed by atoms with Gasteiger partial charge in [-0.05, 0) is 85.9 Å². The molecule has 1 aliphatic heterocycles. The summed E-state index contributed by atoms with van der Waals surface area (Å²) >= 11 is 0. The molecule has 0 spiro atoms. The van der Waals surface area contributed by atoms with Crippen LogP contribution in [0, 0.1) is 23.6 Å². The first-order valence-electron chi connectivity index (χ1n) is 17.3. The van der Waals surface area contributed by atoms with Crippen LogP contribution >= 0.6 is 0 Å². The molecule has 2 aromatic rings. The fraction of sp³-hybridized carbons (Fsp3) is 0.526. The number of oxime groups is 1. The molecule has 10 nitrogen and oxygen atoms in total. The largest absolute Gasteiger partial charge is 0.508 e. The van der Waals surface area contributed by atoms with Crippen molar-refractivity contribution in [2.45, 2.75) is 76.2 Å². The number of hydrogen-bond donors (Lipinski definition) is 3. The Hall–Kier alpha value is -3.93. The highest BCUT2D eigenvalue weighted by Crippen LogP contribution is 2.62. The van der Waals surface area contributed by atoms with Gasteiger partial charge in [-0.2, -0.15) is 0 Å². The minimum atomic E-state index is -1.46. The molecular formula is C38H49FN2O8. The van der Waals surface area contributed by atoms with Gasteiger partial charge in [-0.25, -0.2) is 9.18 Å². The van der Waals surface area contributed by atoms with Crippen molar-refractivity contribution in [1.82, 2.24) is 4.90 Å². The van der Waals surface area contributed by atoms with E-state index >= 15 is 0 Å². The molecular weight excluding hydrogens is 631 g/mol. The predicted molar refractivity (Wildman–Crippen MR) is 183 cm³/mol. The van der Waals surface area contributed by atoms with Gasteiger partial charge in [-0.1, -0.05) is 42.3 Å². The Balaban J connectivity index is 1.77. The van der Waals surface area contributed by atoms with Crippen molar-refractivity contribution in [3.63, 3.8) is 0 Å². The zero-order chi connectivity index (χ0) is 35.0. The maximum absolute atomic E-state index is 13.9. The summed E-state index contributed by atoms with van der Waals surface area (Å²) < 4.78 is 33.2. The summed E-state index contributed by atoms with van der Waals surface area (Å²) in [6.07, 6.45) is 7.98. The van der Waals surface area contributed by atoms with Crippen molar-refractivity contribution >= 4 is 11.8 Å². The summed E-state index contributed by atoms with van der Waals surface area (Å²) in [7, 11) is 1.32. The van der Waals surface area contributed by atoms with Crippen LogP contribution < -0.4 is 4.74 Å². The number of aliphatic hydroxyl groups excluding tert-OH is 2. The molecule has 11 heteroatoms. The fourth-order valence-electron chi connectivity index (χ4n) is 8.01. The first-order valence-corrected chi connectivity index (χ1v) is 17.3. The van der Waals surface area contributed by atoms with Crippen molar-refractivity contribution in [3.8, 4) is 11.5 Å². The van der Waals surface area contributed by atoms with E-state index in [1.165, 1.54) is 19.2 Å². The topological polar surface area (TPSA) is 130 Å². The van der Waals surface area contributed by atoms with Crippen molar-refractivity contribution in [1.29, 1.82) is 0 Å². The number of nitrogens with zero attached hydrogens (tertiary/aromatic N) is 2. The number of aliphatic hydroxyl groups is 2. The predicted octanol–water partition coefficient (Wildman–Crippen LogP) is 6.45. The van der Waals surface area contributed by atoms with Crippen molar-refractivity contribution in [3.05, 3.63) is 83.7 Å². The van der Waals surface area contributed by atoms with Crippen molar-refractivity contribution < 1.29 is 43.6 Å². The number of allylic oxidation sites excluding steroid dienone is 1. The lowest BCUT2D eigenvalue weighted by atomic mass is 9.55. The Morgan fingerprint density at radius 2 is 1.86 bits per heavy atom. The molecule has 1 saturated carbocycles. The van der Waals surface area contributed by atoms with Gasteiger partial charge in [-0.3, -0.25) is 4.90 Å². The lowest BCUT2D eigenvalue weighted by Gasteiger charge is -2.59. The number of hydrogen-bond acceptors (Lipinski definition) is 9. The second-order valence-corrected chi connectivity index (χ2v) is 12.9. The van der Waals surface area contributed by atoms with E-state index in [9.17, 15) is 24.5 Å². The number of phenols is 1. The standard InChI is InChI=1S/C38H49FN2O8/c1-4-20-47-38-34(41(37(45)46-3)24-25-12-14-27(39)15-13-25)23-32(40-48-5-2)30-21-26(10-6-8-18-42)29(11-7-9-19-43)35(36(30)38)31-22-28(44)16-17-33(31)49-38/h4,12-17,21-22,26,29,34-36,42-44H,1,5-11,18-20,23-24H2,2-3H3/t26-,29+,34-,35+,36+,38+/m0/s1. The molecule has 2 aliphatic carbocycles. The van der Waals surface area contributed by atoms with Crippen LogP contribution in [0.1, 0.15) is 68.9 Å². The number of carbonyl (C=O) groups is 1. The summed E-state index contributed by atoms with van der Waals surface area (Å²) in [5.41, 5.74) is 3.06. The molecule has 5 rings (SSSR count). The van der Waals surface area contributed by atoms with Gasteiger partial charge in [0.2, 0.25) is 5.79 Å². The lowest BCUT2D eigenvalue weighted by molar-refractivity contribution is -0.256. The maximum Gasteiger partial charge on any atom is 0.410 e. The SMILES string of the molecule is C=CCO[C@@]12Oc3ccc(O)cc3[C@H]3[C@H](CCCCO)[C@@H](CCCCO)C=C(C(=NOCC)C[C@@H]1N(Cc1ccc(F)cc1)C(=O)OC)[C@H]32. The van der Waals surface area contributed by atoms with Crippen LogP contribution in [-0.2, 0) is 20.9 Å². The summed E-state index contributed by atoms with van der Waals surface area (Å²) in [4.78, 5) is 21.1. The Morgan fingerprint density at radius 1 is 1.12 bits per heavy atom. The van der Waals surface area contributed by atoms with Gasteiger partial charge < -0.3 is 34.4 Å². The van der Waals surface area contributed by atoms with E-state index < -0.39 is 23.8 Å². The first kappa shape index (κ1) is 36.4. The highest BCUT2D eigenvalue weighted by molar-refractivity contribution is 6.02. The summed E-state index contributed by atoms with van der Waals surface area (Å²) in [5, 5.41) is 34.8. The van der Waals surface area contributed by atoms with E-state index in [0.29, 0.717) is 36.5 Å². The minimum absolute atomic E-state index is 0.0333. The third kappa shape index (κ3) is 7.64. The number of ether oxygens (including phenoxy) is 3. The number of benzene rings is 2. The van der Waals surface area contributed by atoms with Crippen molar-refractivity contribution in [2.24, 2.45) is 22.9 Å². The van der Waals surface area contributed by atoms with Crippen molar-refractivity contribution in [2.75, 3.05) is 33.5 Å². The third-order valence-corrected chi connectivity index (χ3v) is 10.0. The summed E-state index contributed by atoms with van der Waals surface area (Å²) in [6.45, 7) is 6.47. The summed E-state index contributed by atoms with van der Waals surface area (Å²) in [6, 6.07) is 10.2. The zero-order valence-electron chi connectivity index (χ0n) is 28.4. The molecule has 3 aliphatic rings. The number of amides is 1. The van der Waals surface area contributed by atoms with E-state index in [1.54, 1.807) is 41.3 Å². The number of aromatic hydroxyl groups is 1.